The summed E-state index contributed by atoms with van der Waals surface area (Å²) in [6, 6.07) is 75.6. The van der Waals surface area contributed by atoms with Gasteiger partial charge in [-0.1, -0.05) is 158 Å². The SMILES string of the molecule is c1ccc(-c2ccc(-c3ccc(N(c4ccccc4)c4cccc5c4-c4ccccc4-c4ccc6cc(-c7ccccc7)ccc6c4O5)cc3)cc2)cc1. The van der Waals surface area contributed by atoms with Gasteiger partial charge in [0, 0.05) is 27.9 Å². The van der Waals surface area contributed by atoms with E-state index >= 15 is 0 Å². The van der Waals surface area contributed by atoms with Crippen LogP contribution in [0.4, 0.5) is 17.1 Å². The van der Waals surface area contributed by atoms with E-state index in [1.54, 1.807) is 0 Å². The summed E-state index contributed by atoms with van der Waals surface area (Å²) in [6.07, 6.45) is 0. The van der Waals surface area contributed by atoms with E-state index in [1.165, 1.54) is 33.4 Å². The highest BCUT2D eigenvalue weighted by molar-refractivity contribution is 6.04. The first-order valence-electron chi connectivity index (χ1n) is 18.4. The van der Waals surface area contributed by atoms with Crippen LogP contribution in [0.3, 0.4) is 0 Å². The highest BCUT2D eigenvalue weighted by Gasteiger charge is 2.27. The van der Waals surface area contributed by atoms with E-state index in [0.717, 1.165) is 61.6 Å². The third-order valence-electron chi connectivity index (χ3n) is 10.5. The Morgan fingerprint density at radius 1 is 0.333 bits per heavy atom. The number of hydrogen-bond acceptors (Lipinski definition) is 2. The molecule has 10 rings (SSSR count). The molecule has 9 aromatic rings. The highest BCUT2D eigenvalue weighted by atomic mass is 16.5. The molecule has 0 unspecified atom stereocenters. The van der Waals surface area contributed by atoms with Crippen LogP contribution in [0, 0.1) is 0 Å². The van der Waals surface area contributed by atoms with Gasteiger partial charge >= 0.3 is 0 Å². The topological polar surface area (TPSA) is 12.5 Å². The lowest BCUT2D eigenvalue weighted by Crippen LogP contribution is -2.11. The molecule has 2 heteroatoms. The second-order valence-corrected chi connectivity index (χ2v) is 13.7. The van der Waals surface area contributed by atoms with Gasteiger partial charge < -0.3 is 9.64 Å². The van der Waals surface area contributed by atoms with Crippen LogP contribution >= 0.6 is 0 Å². The van der Waals surface area contributed by atoms with E-state index < -0.39 is 0 Å². The van der Waals surface area contributed by atoms with Crippen LogP contribution in [0.2, 0.25) is 0 Å². The lowest BCUT2D eigenvalue weighted by molar-refractivity contribution is 0.493. The minimum Gasteiger partial charge on any atom is -0.455 e. The largest absolute Gasteiger partial charge is 0.455 e. The zero-order chi connectivity index (χ0) is 35.8. The lowest BCUT2D eigenvalue weighted by Gasteiger charge is -2.29. The molecule has 0 fully saturated rings. The predicted molar refractivity (Wildman–Crippen MR) is 226 cm³/mol. The van der Waals surface area contributed by atoms with Crippen LogP contribution in [0.25, 0.3) is 66.4 Å². The van der Waals surface area contributed by atoms with Crippen molar-refractivity contribution >= 4 is 27.8 Å². The Labute approximate surface area is 315 Å². The molecule has 0 amide bonds. The molecule has 0 radical (unpaired) electrons. The van der Waals surface area contributed by atoms with E-state index in [4.69, 9.17) is 4.74 Å². The number of anilines is 3. The Hall–Kier alpha value is -7.16. The Morgan fingerprint density at radius 2 is 0.852 bits per heavy atom. The zero-order valence-electron chi connectivity index (χ0n) is 29.6. The fraction of sp³-hybridized carbons (Fsp3) is 0. The van der Waals surface area contributed by atoms with Crippen LogP contribution < -0.4 is 9.64 Å². The number of nitrogens with zero attached hydrogens (tertiary/aromatic N) is 1. The van der Waals surface area contributed by atoms with Crippen LogP contribution in [0.5, 0.6) is 11.5 Å². The maximum atomic E-state index is 7.10. The first-order chi connectivity index (χ1) is 26.8. The minimum absolute atomic E-state index is 0.828. The molecular weight excluding hydrogens is 655 g/mol. The molecule has 0 N–H and O–H groups in total. The Morgan fingerprint density at radius 3 is 1.52 bits per heavy atom. The zero-order valence-corrected chi connectivity index (χ0v) is 29.6. The molecule has 254 valence electrons. The van der Waals surface area contributed by atoms with Gasteiger partial charge in [0.15, 0.2) is 0 Å². The monoisotopic (exact) mass is 689 g/mol. The second kappa shape index (κ2) is 13.4. The van der Waals surface area contributed by atoms with E-state index in [1.807, 2.05) is 0 Å². The molecule has 1 aliphatic rings. The van der Waals surface area contributed by atoms with E-state index in [9.17, 15) is 0 Å². The first kappa shape index (κ1) is 31.6. The number of rotatable bonds is 6. The van der Waals surface area contributed by atoms with Crippen molar-refractivity contribution in [2.45, 2.75) is 0 Å². The van der Waals surface area contributed by atoms with Crippen molar-refractivity contribution in [2.75, 3.05) is 4.90 Å². The van der Waals surface area contributed by atoms with Gasteiger partial charge in [-0.15, -0.1) is 0 Å². The molecule has 0 spiro atoms. The number of fused-ring (bicyclic) bond motifs is 7. The van der Waals surface area contributed by atoms with Gasteiger partial charge in [-0.3, -0.25) is 0 Å². The second-order valence-electron chi connectivity index (χ2n) is 13.7. The van der Waals surface area contributed by atoms with Crippen molar-refractivity contribution in [3.8, 4) is 67.1 Å². The third kappa shape index (κ3) is 5.62. The average molecular weight is 690 g/mol. The van der Waals surface area contributed by atoms with E-state index in [0.29, 0.717) is 0 Å². The number of hydrogen-bond donors (Lipinski definition) is 0. The summed E-state index contributed by atoms with van der Waals surface area (Å²) in [5, 5.41) is 2.24. The maximum Gasteiger partial charge on any atom is 0.143 e. The van der Waals surface area contributed by atoms with E-state index in [2.05, 4.69) is 217 Å². The van der Waals surface area contributed by atoms with Crippen molar-refractivity contribution in [3.05, 3.63) is 212 Å². The molecule has 0 atom stereocenters. The summed E-state index contributed by atoms with van der Waals surface area (Å²) in [6.45, 7) is 0. The number of ether oxygens (including phenoxy) is 1. The average Bonchev–Trinajstić information content (AvgIpc) is 3.40. The highest BCUT2D eigenvalue weighted by Crippen LogP contribution is 2.54. The fourth-order valence-electron chi connectivity index (χ4n) is 7.83. The summed E-state index contributed by atoms with van der Waals surface area (Å²) in [5.74, 6) is 1.71. The molecular formula is C52H35NO. The van der Waals surface area contributed by atoms with Gasteiger partial charge in [-0.25, -0.2) is 0 Å². The molecule has 9 aromatic carbocycles. The van der Waals surface area contributed by atoms with Crippen LogP contribution in [0.15, 0.2) is 212 Å². The lowest BCUT2D eigenvalue weighted by atomic mass is 9.91. The van der Waals surface area contributed by atoms with Gasteiger partial charge in [-0.05, 0) is 104 Å². The van der Waals surface area contributed by atoms with E-state index in [-0.39, 0.29) is 0 Å². The van der Waals surface area contributed by atoms with Crippen molar-refractivity contribution < 1.29 is 4.74 Å². The van der Waals surface area contributed by atoms with Gasteiger partial charge in [0.2, 0.25) is 0 Å². The summed E-state index contributed by atoms with van der Waals surface area (Å²) < 4.78 is 7.10. The van der Waals surface area contributed by atoms with Gasteiger partial charge in [0.25, 0.3) is 0 Å². The first-order valence-corrected chi connectivity index (χ1v) is 18.4. The fourth-order valence-corrected chi connectivity index (χ4v) is 7.83. The Balaban J connectivity index is 1.09. The van der Waals surface area contributed by atoms with Crippen molar-refractivity contribution in [3.63, 3.8) is 0 Å². The molecule has 54 heavy (non-hydrogen) atoms. The Kier molecular flexibility index (Phi) is 7.85. The summed E-state index contributed by atoms with van der Waals surface area (Å²) >= 11 is 0. The Bertz CT molecular complexity index is 2760. The normalized spacial score (nSPS) is 11.5. The maximum absolute atomic E-state index is 7.10. The smallest absolute Gasteiger partial charge is 0.143 e. The van der Waals surface area contributed by atoms with Gasteiger partial charge in [0.05, 0.1) is 5.69 Å². The molecule has 0 saturated heterocycles. The van der Waals surface area contributed by atoms with Crippen LogP contribution in [-0.2, 0) is 0 Å². The van der Waals surface area contributed by atoms with Crippen molar-refractivity contribution in [1.29, 1.82) is 0 Å². The standard InChI is InChI=1S/C52H35NO/c1-4-13-36(14-5-1)38-23-25-39(26-24-38)40-27-31-44(32-28-40)53(43-17-8-3-9-18-43)49-21-12-22-50-51(49)47-20-11-10-19-46(47)48-34-30-42-35-41(37-15-6-2-7-16-37)29-33-45(42)52(48)54-50/h1-35H. The predicted octanol–water partition coefficient (Wildman–Crippen LogP) is 14.8. The molecule has 0 aromatic heterocycles. The van der Waals surface area contributed by atoms with Crippen molar-refractivity contribution in [2.24, 2.45) is 0 Å². The third-order valence-corrected chi connectivity index (χ3v) is 10.5. The summed E-state index contributed by atoms with van der Waals surface area (Å²) in [7, 11) is 0. The molecule has 1 aliphatic heterocycles. The van der Waals surface area contributed by atoms with Crippen molar-refractivity contribution in [1.82, 2.24) is 0 Å². The van der Waals surface area contributed by atoms with Gasteiger partial charge in [-0.2, -0.15) is 0 Å². The minimum atomic E-state index is 0.828. The molecule has 0 saturated carbocycles. The molecule has 0 aliphatic carbocycles. The number of para-hydroxylation sites is 1. The van der Waals surface area contributed by atoms with Crippen LogP contribution in [-0.4, -0.2) is 0 Å². The summed E-state index contributed by atoms with van der Waals surface area (Å²) in [4.78, 5) is 2.35. The quantitative estimate of drug-likeness (QED) is 0.172. The van der Waals surface area contributed by atoms with Gasteiger partial charge in [0.1, 0.15) is 11.5 Å². The summed E-state index contributed by atoms with van der Waals surface area (Å²) in [5.41, 5.74) is 14.8. The molecule has 1 heterocycles. The number of benzene rings is 9. The molecule has 2 nitrogen and oxygen atoms in total. The van der Waals surface area contributed by atoms with Crippen LogP contribution in [0.1, 0.15) is 0 Å². The molecule has 0 bridgehead atoms.